The first-order valence-electron chi connectivity index (χ1n) is 19.1. The van der Waals surface area contributed by atoms with Crippen molar-refractivity contribution < 1.29 is 0 Å². The number of fused-ring (bicyclic) bond motifs is 3. The van der Waals surface area contributed by atoms with E-state index in [1.807, 2.05) is 0 Å². The van der Waals surface area contributed by atoms with Gasteiger partial charge in [0.1, 0.15) is 0 Å². The smallest absolute Gasteiger partial charge is 0.160 e. The van der Waals surface area contributed by atoms with Crippen LogP contribution in [0.4, 0.5) is 0 Å². The Balaban J connectivity index is 1.13. The highest BCUT2D eigenvalue weighted by molar-refractivity contribution is 5.81. The summed E-state index contributed by atoms with van der Waals surface area (Å²) in [6.45, 7) is 0. The molecule has 0 spiro atoms. The molecule has 0 bridgehead atoms. The van der Waals surface area contributed by atoms with Crippen LogP contribution >= 0.6 is 0 Å². The van der Waals surface area contributed by atoms with Gasteiger partial charge in [0.15, 0.2) is 5.82 Å². The minimum Gasteiger partial charge on any atom is -0.228 e. The van der Waals surface area contributed by atoms with Gasteiger partial charge in [-0.1, -0.05) is 212 Å². The van der Waals surface area contributed by atoms with Gasteiger partial charge in [0, 0.05) is 23.0 Å². The lowest BCUT2D eigenvalue weighted by Gasteiger charge is -2.39. The molecule has 7 aromatic carbocycles. The van der Waals surface area contributed by atoms with Crippen molar-refractivity contribution in [1.29, 1.82) is 0 Å². The molecule has 2 unspecified atom stereocenters. The molecule has 10 rings (SSSR count). The van der Waals surface area contributed by atoms with E-state index in [9.17, 15) is 0 Å². The molecule has 0 fully saturated rings. The Hall–Kier alpha value is -6.90. The number of rotatable bonds is 7. The summed E-state index contributed by atoms with van der Waals surface area (Å²) in [5, 5.41) is 0. The van der Waals surface area contributed by atoms with Crippen molar-refractivity contribution in [3.8, 4) is 44.9 Å². The molecule has 2 nitrogen and oxygen atoms in total. The third-order valence-corrected chi connectivity index (χ3v) is 11.5. The van der Waals surface area contributed by atoms with Crippen molar-refractivity contribution in [2.24, 2.45) is 5.92 Å². The molecular weight excluding hydrogens is 665 g/mol. The number of nitrogens with zero attached hydrogens (tertiary/aromatic N) is 2. The molecule has 0 N–H and O–H groups in total. The first kappa shape index (κ1) is 32.7. The van der Waals surface area contributed by atoms with Gasteiger partial charge in [-0.3, -0.25) is 0 Å². The molecule has 2 aliphatic carbocycles. The maximum atomic E-state index is 5.35. The van der Waals surface area contributed by atoms with E-state index < -0.39 is 0 Å². The highest BCUT2D eigenvalue weighted by atomic mass is 14.9. The Kier molecular flexibility index (Phi) is 8.22. The van der Waals surface area contributed by atoms with Crippen LogP contribution in [0.1, 0.15) is 33.9 Å². The molecule has 1 heterocycles. The second-order valence-electron chi connectivity index (χ2n) is 14.5. The fourth-order valence-corrected chi connectivity index (χ4v) is 8.91. The molecule has 1 aromatic heterocycles. The van der Waals surface area contributed by atoms with E-state index in [1.54, 1.807) is 0 Å². The SMILES string of the molecule is C1=CC2c3ccccc3C(c3ccccc3)(c3ccccc3)C2C=C1c1cc(-c2ccc(-c3ccccc3)cc2)nc(-c2ccc(-c3ccccc3)cc2)n1. The van der Waals surface area contributed by atoms with Crippen LogP contribution in [-0.4, -0.2) is 9.97 Å². The number of aromatic nitrogens is 2. The third kappa shape index (κ3) is 5.75. The predicted molar refractivity (Wildman–Crippen MR) is 226 cm³/mol. The Bertz CT molecular complexity index is 2520. The number of benzene rings is 7. The van der Waals surface area contributed by atoms with Gasteiger partial charge in [-0.25, -0.2) is 9.97 Å². The molecule has 8 aromatic rings. The quantitative estimate of drug-likeness (QED) is 0.165. The van der Waals surface area contributed by atoms with E-state index in [0.717, 1.165) is 28.1 Å². The second kappa shape index (κ2) is 13.8. The number of hydrogen-bond donors (Lipinski definition) is 0. The standard InChI is InChI=1S/C53H38N2/c1-5-15-37(16-6-1)39-25-29-41(30-26-39)50-36-51(55-52(54-50)42-31-27-40(28-32-42)38-17-7-2-8-18-38)43-33-34-47-46-23-13-14-24-48(46)53(49(47)35-43,44-19-9-3-10-20-44)45-21-11-4-12-22-45/h1-36,47,49H. The van der Waals surface area contributed by atoms with E-state index in [-0.39, 0.29) is 17.3 Å². The van der Waals surface area contributed by atoms with Crippen molar-refractivity contribution in [3.05, 3.63) is 246 Å². The fraction of sp³-hybridized carbons (Fsp3) is 0.0566. The molecule has 0 saturated carbocycles. The van der Waals surface area contributed by atoms with Gasteiger partial charge >= 0.3 is 0 Å². The van der Waals surface area contributed by atoms with E-state index >= 15 is 0 Å². The van der Waals surface area contributed by atoms with Crippen LogP contribution in [0.15, 0.2) is 218 Å². The van der Waals surface area contributed by atoms with Crippen LogP contribution in [0.3, 0.4) is 0 Å². The Labute approximate surface area is 322 Å². The minimum atomic E-state index is -0.376. The van der Waals surface area contributed by atoms with Gasteiger partial charge in [-0.05, 0) is 56.1 Å². The van der Waals surface area contributed by atoms with E-state index in [0.29, 0.717) is 5.82 Å². The maximum absolute atomic E-state index is 5.35. The highest BCUT2D eigenvalue weighted by Crippen LogP contribution is 2.60. The third-order valence-electron chi connectivity index (χ3n) is 11.5. The lowest BCUT2D eigenvalue weighted by atomic mass is 9.62. The lowest BCUT2D eigenvalue weighted by molar-refractivity contribution is 0.458. The zero-order chi connectivity index (χ0) is 36.6. The molecule has 0 radical (unpaired) electrons. The predicted octanol–water partition coefficient (Wildman–Crippen LogP) is 12.8. The van der Waals surface area contributed by atoms with Crippen molar-refractivity contribution in [2.45, 2.75) is 11.3 Å². The summed E-state index contributed by atoms with van der Waals surface area (Å²) in [7, 11) is 0. The van der Waals surface area contributed by atoms with Crippen molar-refractivity contribution >= 4 is 5.57 Å². The van der Waals surface area contributed by atoms with Gasteiger partial charge in [0.25, 0.3) is 0 Å². The monoisotopic (exact) mass is 702 g/mol. The van der Waals surface area contributed by atoms with Gasteiger partial charge in [-0.2, -0.15) is 0 Å². The Morgan fingerprint density at radius 3 is 1.44 bits per heavy atom. The minimum absolute atomic E-state index is 0.131. The highest BCUT2D eigenvalue weighted by Gasteiger charge is 2.53. The summed E-state index contributed by atoms with van der Waals surface area (Å²) < 4.78 is 0. The van der Waals surface area contributed by atoms with Crippen molar-refractivity contribution in [1.82, 2.24) is 9.97 Å². The normalized spacial score (nSPS) is 16.5. The summed E-state index contributed by atoms with van der Waals surface area (Å²) in [6, 6.07) is 71.7. The van der Waals surface area contributed by atoms with Gasteiger partial charge in [0.2, 0.25) is 0 Å². The van der Waals surface area contributed by atoms with Crippen LogP contribution in [-0.2, 0) is 5.41 Å². The molecule has 0 saturated heterocycles. The Morgan fingerprint density at radius 2 is 0.855 bits per heavy atom. The van der Waals surface area contributed by atoms with Crippen LogP contribution in [0.25, 0.3) is 50.5 Å². The molecule has 2 heteroatoms. The van der Waals surface area contributed by atoms with Crippen LogP contribution in [0, 0.1) is 5.92 Å². The number of allylic oxidation sites excluding steroid dienone is 4. The average molecular weight is 703 g/mol. The maximum Gasteiger partial charge on any atom is 0.160 e. The van der Waals surface area contributed by atoms with Crippen LogP contribution in [0.2, 0.25) is 0 Å². The zero-order valence-corrected chi connectivity index (χ0v) is 30.3. The number of hydrogen-bond acceptors (Lipinski definition) is 2. The largest absolute Gasteiger partial charge is 0.228 e. The first-order chi connectivity index (χ1) is 27.3. The summed E-state index contributed by atoms with van der Waals surface area (Å²) in [5.41, 5.74) is 14.7. The molecule has 55 heavy (non-hydrogen) atoms. The fourth-order valence-electron chi connectivity index (χ4n) is 8.91. The molecular formula is C53H38N2. The summed E-state index contributed by atoms with van der Waals surface area (Å²) >= 11 is 0. The Morgan fingerprint density at radius 1 is 0.400 bits per heavy atom. The van der Waals surface area contributed by atoms with E-state index in [4.69, 9.17) is 9.97 Å². The summed E-state index contributed by atoms with van der Waals surface area (Å²) in [5.74, 6) is 1.06. The molecule has 2 atom stereocenters. The topological polar surface area (TPSA) is 25.8 Å². The van der Waals surface area contributed by atoms with Crippen LogP contribution in [0.5, 0.6) is 0 Å². The van der Waals surface area contributed by atoms with Gasteiger partial charge < -0.3 is 0 Å². The lowest BCUT2D eigenvalue weighted by Crippen LogP contribution is -2.35. The molecule has 260 valence electrons. The van der Waals surface area contributed by atoms with Gasteiger partial charge in [0.05, 0.1) is 16.8 Å². The van der Waals surface area contributed by atoms with Gasteiger partial charge in [-0.15, -0.1) is 0 Å². The van der Waals surface area contributed by atoms with E-state index in [1.165, 1.54) is 44.5 Å². The van der Waals surface area contributed by atoms with Crippen molar-refractivity contribution in [2.75, 3.05) is 0 Å². The summed E-state index contributed by atoms with van der Waals surface area (Å²) in [4.78, 5) is 10.6. The van der Waals surface area contributed by atoms with Crippen LogP contribution < -0.4 is 0 Å². The molecule has 2 aliphatic rings. The summed E-state index contributed by atoms with van der Waals surface area (Å²) in [6.07, 6.45) is 7.20. The second-order valence-corrected chi connectivity index (χ2v) is 14.5. The zero-order valence-electron chi connectivity index (χ0n) is 30.3. The molecule has 0 aliphatic heterocycles. The first-order valence-corrected chi connectivity index (χ1v) is 19.1. The molecule has 0 amide bonds. The van der Waals surface area contributed by atoms with Crippen molar-refractivity contribution in [3.63, 3.8) is 0 Å². The average Bonchev–Trinajstić information content (AvgIpc) is 3.58. The van der Waals surface area contributed by atoms with E-state index in [2.05, 4.69) is 218 Å².